The molecule has 0 aliphatic rings. The number of ether oxygens (including phenoxy) is 1. The van der Waals surface area contributed by atoms with Crippen LogP contribution in [0.25, 0.3) is 16.9 Å². The highest BCUT2D eigenvalue weighted by Crippen LogP contribution is 2.30. The molecule has 0 bridgehead atoms. The van der Waals surface area contributed by atoms with Crippen LogP contribution in [-0.2, 0) is 6.54 Å². The minimum atomic E-state index is -0.117. The largest absolute Gasteiger partial charge is 1.00 e. The number of amides is 1. The van der Waals surface area contributed by atoms with Gasteiger partial charge in [-0.15, -0.1) is 0 Å². The van der Waals surface area contributed by atoms with Gasteiger partial charge in [0.1, 0.15) is 11.4 Å². The van der Waals surface area contributed by atoms with Gasteiger partial charge in [0.2, 0.25) is 0 Å². The molecule has 32 heavy (non-hydrogen) atoms. The van der Waals surface area contributed by atoms with Crippen molar-refractivity contribution in [3.8, 4) is 17.0 Å². The number of aromatic nitrogens is 3. The number of aryl methyl sites for hydroxylation is 1. The summed E-state index contributed by atoms with van der Waals surface area (Å²) < 4.78 is 9.49. The van der Waals surface area contributed by atoms with Gasteiger partial charge < -0.3 is 27.8 Å². The molecule has 0 saturated heterocycles. The molecule has 4 aromatic rings. The number of hydrogen-bond donors (Lipinski definition) is 2. The van der Waals surface area contributed by atoms with Crippen LogP contribution in [0.5, 0.6) is 5.75 Å². The Bertz CT molecular complexity index is 1240. The summed E-state index contributed by atoms with van der Waals surface area (Å²) in [5.74, 6) is 0.662. The number of rotatable bonds is 7. The molecule has 0 saturated carbocycles. The van der Waals surface area contributed by atoms with E-state index < -0.39 is 0 Å². The minimum absolute atomic E-state index is 0. The van der Waals surface area contributed by atoms with Crippen LogP contribution in [0.15, 0.2) is 67.3 Å². The number of halogens is 1. The smallest absolute Gasteiger partial charge is 0.251 e. The van der Waals surface area contributed by atoms with Gasteiger partial charge in [0.25, 0.3) is 5.91 Å². The summed E-state index contributed by atoms with van der Waals surface area (Å²) in [4.78, 5) is 17.1. The summed E-state index contributed by atoms with van der Waals surface area (Å²) in [6, 6.07) is 13.4. The average Bonchev–Trinajstić information content (AvgIpc) is 3.22. The van der Waals surface area contributed by atoms with Gasteiger partial charge in [0.05, 0.1) is 25.5 Å². The van der Waals surface area contributed by atoms with Crippen molar-refractivity contribution in [2.24, 2.45) is 0 Å². The van der Waals surface area contributed by atoms with Crippen LogP contribution < -0.4 is 32.3 Å². The lowest BCUT2D eigenvalue weighted by Gasteiger charge is -2.09. The molecule has 1 aromatic carbocycles. The molecule has 3 aromatic heterocycles. The first-order valence-corrected chi connectivity index (χ1v) is 10.2. The van der Waals surface area contributed by atoms with Crippen LogP contribution in [0.4, 0.5) is 5.69 Å². The predicted octanol–water partition coefficient (Wildman–Crippen LogP) is 0.0815. The fourth-order valence-corrected chi connectivity index (χ4v) is 3.66. The third-order valence-corrected chi connectivity index (χ3v) is 5.30. The maximum Gasteiger partial charge on any atom is 0.251 e. The van der Waals surface area contributed by atoms with E-state index in [1.807, 2.05) is 60.2 Å². The molecule has 4 rings (SSSR count). The van der Waals surface area contributed by atoms with E-state index >= 15 is 0 Å². The van der Waals surface area contributed by atoms with Crippen molar-refractivity contribution in [2.45, 2.75) is 13.5 Å². The van der Waals surface area contributed by atoms with Gasteiger partial charge in [-0.1, -0.05) is 12.1 Å². The summed E-state index contributed by atoms with van der Waals surface area (Å²) in [7, 11) is 3.56. The van der Waals surface area contributed by atoms with Crippen LogP contribution in [0, 0.1) is 6.92 Å². The van der Waals surface area contributed by atoms with Gasteiger partial charge >= 0.3 is 0 Å². The van der Waals surface area contributed by atoms with E-state index in [0.29, 0.717) is 24.3 Å². The Morgan fingerprint density at radius 3 is 2.78 bits per heavy atom. The number of methoxy groups -OCH3 is 1. The van der Waals surface area contributed by atoms with Gasteiger partial charge in [-0.25, -0.2) is 9.55 Å². The highest BCUT2D eigenvalue weighted by Gasteiger charge is 2.13. The number of nitrogens with one attached hydrogen (secondary N) is 2. The molecule has 0 aliphatic carbocycles. The number of carbonyl (C=O) groups excluding carboxylic acids is 1. The Morgan fingerprint density at radius 1 is 1.22 bits per heavy atom. The molecule has 0 aliphatic heterocycles. The predicted molar refractivity (Wildman–Crippen MR) is 120 cm³/mol. The van der Waals surface area contributed by atoms with Crippen molar-refractivity contribution in [3.63, 3.8) is 0 Å². The number of imidazole rings is 1. The monoisotopic (exact) mass is 451 g/mol. The molecular formula is C24H26ClN5O2. The zero-order chi connectivity index (χ0) is 21.8. The van der Waals surface area contributed by atoms with E-state index in [0.717, 1.165) is 28.3 Å². The van der Waals surface area contributed by atoms with Gasteiger partial charge in [0, 0.05) is 41.7 Å². The number of carbonyl (C=O) groups is 1. The molecule has 8 heteroatoms. The lowest BCUT2D eigenvalue weighted by Crippen LogP contribution is -3.00. The number of pyridine rings is 2. The van der Waals surface area contributed by atoms with Crippen LogP contribution in [-0.4, -0.2) is 36.0 Å². The molecule has 0 unspecified atom stereocenters. The van der Waals surface area contributed by atoms with Crippen LogP contribution in [0.2, 0.25) is 0 Å². The summed E-state index contributed by atoms with van der Waals surface area (Å²) in [5, 5.41) is 6.14. The van der Waals surface area contributed by atoms with Gasteiger partial charge in [-0.05, 0) is 31.2 Å². The highest BCUT2D eigenvalue weighted by molar-refractivity contribution is 5.95. The summed E-state index contributed by atoms with van der Waals surface area (Å²) >= 11 is 0. The van der Waals surface area contributed by atoms with Gasteiger partial charge in [0.15, 0.2) is 18.9 Å². The fourth-order valence-electron chi connectivity index (χ4n) is 3.66. The van der Waals surface area contributed by atoms with Gasteiger partial charge in [-0.3, -0.25) is 9.20 Å². The Morgan fingerprint density at radius 2 is 2.03 bits per heavy atom. The van der Waals surface area contributed by atoms with E-state index in [-0.39, 0.29) is 18.3 Å². The normalized spacial score (nSPS) is 10.5. The van der Waals surface area contributed by atoms with E-state index in [1.165, 1.54) is 0 Å². The Hall–Kier alpha value is -3.58. The lowest BCUT2D eigenvalue weighted by molar-refractivity contribution is -0.695. The summed E-state index contributed by atoms with van der Waals surface area (Å²) in [5.41, 5.74) is 5.41. The fraction of sp³-hybridized carbons (Fsp3) is 0.208. The molecule has 166 valence electrons. The number of fused-ring (bicyclic) bond motifs is 1. The second-order valence-corrected chi connectivity index (χ2v) is 7.27. The molecule has 1 amide bonds. The Kier molecular flexibility index (Phi) is 7.33. The SMILES string of the molecule is CNc1cc[n+](CCNC(=O)c2ccn3c(-c4ccccc4OC)cnc3c2)cc1C.[Cl-]. The molecule has 0 atom stereocenters. The second-order valence-electron chi connectivity index (χ2n) is 7.27. The van der Waals surface area contributed by atoms with E-state index in [4.69, 9.17) is 4.74 Å². The van der Waals surface area contributed by atoms with Crippen molar-refractivity contribution in [1.29, 1.82) is 0 Å². The van der Waals surface area contributed by atoms with Crippen molar-refractivity contribution in [3.05, 3.63) is 78.4 Å². The first kappa shape index (κ1) is 23.1. The molecule has 3 heterocycles. The standard InChI is InChI=1S/C24H25N5O2.ClH/c1-17-16-28(11-9-20(17)25-2)13-10-26-24(30)18-8-12-29-21(15-27-23(29)14-18)19-6-4-5-7-22(19)31-3;/h4-9,11-12,14-16H,10,13H2,1-3H3,(H,26,30);1H. The molecule has 7 nitrogen and oxygen atoms in total. The maximum atomic E-state index is 12.6. The van der Waals surface area contributed by atoms with Crippen molar-refractivity contribution >= 4 is 17.2 Å². The third-order valence-electron chi connectivity index (χ3n) is 5.30. The van der Waals surface area contributed by atoms with Crippen molar-refractivity contribution in [1.82, 2.24) is 14.7 Å². The average molecular weight is 452 g/mol. The lowest BCUT2D eigenvalue weighted by atomic mass is 10.1. The minimum Gasteiger partial charge on any atom is -1.00 e. The first-order valence-electron chi connectivity index (χ1n) is 10.2. The molecular weight excluding hydrogens is 426 g/mol. The second kappa shape index (κ2) is 10.2. The topological polar surface area (TPSA) is 71.5 Å². The molecule has 0 fully saturated rings. The molecule has 2 N–H and O–H groups in total. The Balaban J connectivity index is 0.00000289. The van der Waals surface area contributed by atoms with Crippen LogP contribution in [0.3, 0.4) is 0 Å². The summed E-state index contributed by atoms with van der Waals surface area (Å²) in [6.07, 6.45) is 7.73. The first-order chi connectivity index (χ1) is 15.1. The van der Waals surface area contributed by atoms with E-state index in [1.54, 1.807) is 19.4 Å². The highest BCUT2D eigenvalue weighted by atomic mass is 35.5. The van der Waals surface area contributed by atoms with Crippen molar-refractivity contribution < 1.29 is 26.5 Å². The van der Waals surface area contributed by atoms with Crippen molar-refractivity contribution in [2.75, 3.05) is 26.0 Å². The zero-order valence-corrected chi connectivity index (χ0v) is 19.1. The van der Waals surface area contributed by atoms with Crippen LogP contribution >= 0.6 is 0 Å². The van der Waals surface area contributed by atoms with E-state index in [2.05, 4.69) is 33.3 Å². The third kappa shape index (κ3) is 4.68. The molecule has 0 spiro atoms. The number of benzene rings is 1. The number of nitrogens with zero attached hydrogens (tertiary/aromatic N) is 3. The number of anilines is 1. The quantitative estimate of drug-likeness (QED) is 0.390. The maximum absolute atomic E-state index is 12.6. The number of hydrogen-bond acceptors (Lipinski definition) is 4. The van der Waals surface area contributed by atoms with E-state index in [9.17, 15) is 4.79 Å². The Labute approximate surface area is 193 Å². The zero-order valence-electron chi connectivity index (χ0n) is 18.3. The van der Waals surface area contributed by atoms with Gasteiger partial charge in [-0.2, -0.15) is 0 Å². The molecule has 0 radical (unpaired) electrons. The van der Waals surface area contributed by atoms with Crippen LogP contribution in [0.1, 0.15) is 15.9 Å². The number of para-hydroxylation sites is 1. The summed E-state index contributed by atoms with van der Waals surface area (Å²) in [6.45, 7) is 3.29.